The molecule has 1 aromatic heterocycles. The van der Waals surface area contributed by atoms with E-state index in [-0.39, 0.29) is 5.91 Å². The number of benzene rings is 2. The second-order valence-electron chi connectivity index (χ2n) is 8.01. The Kier molecular flexibility index (Phi) is 7.56. The fourth-order valence-electron chi connectivity index (χ4n) is 3.97. The number of anilines is 1. The zero-order valence-corrected chi connectivity index (χ0v) is 20.6. The molecule has 1 fully saturated rings. The van der Waals surface area contributed by atoms with Crippen molar-refractivity contribution in [1.29, 1.82) is 0 Å². The maximum atomic E-state index is 12.8. The topological polar surface area (TPSA) is 73.7 Å². The molecule has 0 radical (unpaired) electrons. The monoisotopic (exact) mass is 515 g/mol. The van der Waals surface area contributed by atoms with Crippen LogP contribution in [0.2, 0.25) is 10.0 Å². The highest BCUT2D eigenvalue weighted by atomic mass is 35.5. The Hall–Kier alpha value is -2.87. The summed E-state index contributed by atoms with van der Waals surface area (Å²) in [5.41, 5.74) is 3.19. The van der Waals surface area contributed by atoms with Gasteiger partial charge in [-0.3, -0.25) is 4.79 Å². The molecule has 9 heteroatoms. The Bertz CT molecular complexity index is 1210. The summed E-state index contributed by atoms with van der Waals surface area (Å²) in [4.78, 5) is 32.5. The van der Waals surface area contributed by atoms with Crippen molar-refractivity contribution < 1.29 is 14.7 Å². The van der Waals surface area contributed by atoms with Crippen LogP contribution in [0.4, 0.5) is 5.13 Å². The molecule has 0 aliphatic carbocycles. The number of carbonyl (C=O) groups excluding carboxylic acids is 1. The molecule has 3 aromatic rings. The van der Waals surface area contributed by atoms with E-state index in [2.05, 4.69) is 11.5 Å². The van der Waals surface area contributed by atoms with E-state index < -0.39 is 12.0 Å². The minimum atomic E-state index is -0.953. The van der Waals surface area contributed by atoms with Gasteiger partial charge in [-0.15, -0.1) is 17.9 Å². The summed E-state index contributed by atoms with van der Waals surface area (Å²) in [5.74, 6) is -1.20. The van der Waals surface area contributed by atoms with Gasteiger partial charge in [0.25, 0.3) is 5.91 Å². The van der Waals surface area contributed by atoms with Gasteiger partial charge in [-0.2, -0.15) is 0 Å². The zero-order chi connectivity index (χ0) is 24.2. The van der Waals surface area contributed by atoms with E-state index >= 15 is 0 Å². The van der Waals surface area contributed by atoms with Gasteiger partial charge in [0.2, 0.25) is 0 Å². The van der Waals surface area contributed by atoms with Gasteiger partial charge < -0.3 is 14.9 Å². The van der Waals surface area contributed by atoms with Gasteiger partial charge in [-0.1, -0.05) is 47.5 Å². The first-order chi connectivity index (χ1) is 16.4. The van der Waals surface area contributed by atoms with Crippen molar-refractivity contribution in [2.75, 3.05) is 18.0 Å². The largest absolute Gasteiger partial charge is 0.480 e. The zero-order valence-electron chi connectivity index (χ0n) is 18.3. The number of hydrogen-bond acceptors (Lipinski definition) is 5. The van der Waals surface area contributed by atoms with Crippen LogP contribution in [-0.2, 0) is 11.3 Å². The van der Waals surface area contributed by atoms with Gasteiger partial charge >= 0.3 is 5.97 Å². The van der Waals surface area contributed by atoms with Crippen LogP contribution in [0.25, 0.3) is 11.3 Å². The lowest BCUT2D eigenvalue weighted by Crippen LogP contribution is -2.40. The SMILES string of the molecule is C=CCN(Cc1ccc(C(=O)N2CCCC2C(=O)O)cc1)c1nc(-c2ccc(Cl)c(Cl)c2)cs1. The van der Waals surface area contributed by atoms with E-state index in [9.17, 15) is 14.7 Å². The van der Waals surface area contributed by atoms with Crippen LogP contribution >= 0.6 is 34.5 Å². The summed E-state index contributed by atoms with van der Waals surface area (Å²) in [6.45, 7) is 5.51. The van der Waals surface area contributed by atoms with E-state index in [1.165, 1.54) is 16.2 Å². The molecule has 1 aliphatic rings. The summed E-state index contributed by atoms with van der Waals surface area (Å²) < 4.78 is 0. The van der Waals surface area contributed by atoms with Crippen molar-refractivity contribution in [3.05, 3.63) is 81.7 Å². The van der Waals surface area contributed by atoms with E-state index in [4.69, 9.17) is 28.2 Å². The molecule has 4 rings (SSSR count). The molecule has 1 amide bonds. The van der Waals surface area contributed by atoms with Crippen LogP contribution in [0, 0.1) is 0 Å². The minimum Gasteiger partial charge on any atom is -0.480 e. The molecule has 1 unspecified atom stereocenters. The molecule has 34 heavy (non-hydrogen) atoms. The first-order valence-corrected chi connectivity index (χ1v) is 12.4. The molecule has 0 saturated carbocycles. The van der Waals surface area contributed by atoms with Crippen LogP contribution < -0.4 is 4.90 Å². The standard InChI is InChI=1S/C25H23Cl2N3O3S/c1-2-11-29(25-28-21(15-34-25)18-9-10-19(26)20(27)13-18)14-16-5-7-17(8-6-16)23(31)30-12-3-4-22(30)24(32)33/h2,5-10,13,15,22H,1,3-4,11-12,14H2,(H,32,33). The summed E-state index contributed by atoms with van der Waals surface area (Å²) in [7, 11) is 0. The van der Waals surface area contributed by atoms with Gasteiger partial charge in [0.1, 0.15) is 6.04 Å². The Labute approximate surface area is 212 Å². The molecule has 176 valence electrons. The number of amides is 1. The van der Waals surface area contributed by atoms with Gasteiger partial charge in [0.15, 0.2) is 5.13 Å². The predicted molar refractivity (Wildman–Crippen MR) is 137 cm³/mol. The molecule has 2 aromatic carbocycles. The maximum Gasteiger partial charge on any atom is 0.326 e. The Balaban J connectivity index is 1.48. The van der Waals surface area contributed by atoms with Gasteiger partial charge in [-0.05, 0) is 42.7 Å². The van der Waals surface area contributed by atoms with Crippen molar-refractivity contribution in [3.8, 4) is 11.3 Å². The average molecular weight is 516 g/mol. The molecule has 6 nitrogen and oxygen atoms in total. The third-order valence-corrected chi connectivity index (χ3v) is 7.34. The minimum absolute atomic E-state index is 0.245. The van der Waals surface area contributed by atoms with E-state index in [1.54, 1.807) is 24.3 Å². The number of nitrogens with zero attached hydrogens (tertiary/aromatic N) is 3. The lowest BCUT2D eigenvalue weighted by atomic mass is 10.1. The lowest BCUT2D eigenvalue weighted by molar-refractivity contribution is -0.141. The van der Waals surface area contributed by atoms with Gasteiger partial charge in [0, 0.05) is 36.1 Å². The number of carbonyl (C=O) groups is 2. The highest BCUT2D eigenvalue weighted by Crippen LogP contribution is 2.32. The Morgan fingerprint density at radius 2 is 1.97 bits per heavy atom. The van der Waals surface area contributed by atoms with Crippen molar-refractivity contribution in [2.45, 2.75) is 25.4 Å². The van der Waals surface area contributed by atoms with E-state index in [1.807, 2.05) is 29.7 Å². The second kappa shape index (κ2) is 10.6. The highest BCUT2D eigenvalue weighted by Gasteiger charge is 2.34. The normalized spacial score (nSPS) is 15.4. The summed E-state index contributed by atoms with van der Waals surface area (Å²) in [5, 5.41) is 13.1. The number of hydrogen-bond donors (Lipinski definition) is 1. The third kappa shape index (κ3) is 5.27. The molecule has 1 atom stereocenters. The van der Waals surface area contributed by atoms with E-state index in [0.29, 0.717) is 48.1 Å². The molecule has 0 bridgehead atoms. The molecule has 1 aliphatic heterocycles. The van der Waals surface area contributed by atoms with Crippen molar-refractivity contribution in [3.63, 3.8) is 0 Å². The first kappa shape index (κ1) is 24.3. The summed E-state index contributed by atoms with van der Waals surface area (Å²) in [6.07, 6.45) is 3.01. The highest BCUT2D eigenvalue weighted by molar-refractivity contribution is 7.14. The first-order valence-electron chi connectivity index (χ1n) is 10.8. The van der Waals surface area contributed by atoms with Crippen LogP contribution in [0.15, 0.2) is 60.5 Å². The number of halogens is 2. The number of aromatic nitrogens is 1. The molecule has 1 saturated heterocycles. The Morgan fingerprint density at radius 3 is 2.65 bits per heavy atom. The fraction of sp³-hybridized carbons (Fsp3) is 0.240. The number of likely N-dealkylation sites (tertiary alicyclic amines) is 1. The molecule has 0 spiro atoms. The number of rotatable bonds is 8. The van der Waals surface area contributed by atoms with Gasteiger partial charge in [0.05, 0.1) is 15.7 Å². The molecule has 1 N–H and O–H groups in total. The summed E-state index contributed by atoms with van der Waals surface area (Å²) >= 11 is 13.7. The molecular formula is C25H23Cl2N3O3S. The Morgan fingerprint density at radius 1 is 1.21 bits per heavy atom. The predicted octanol–water partition coefficient (Wildman–Crippen LogP) is 6.00. The lowest BCUT2D eigenvalue weighted by Gasteiger charge is -2.22. The number of aliphatic carboxylic acids is 1. The average Bonchev–Trinajstić information content (AvgIpc) is 3.51. The van der Waals surface area contributed by atoms with Crippen molar-refractivity contribution in [2.24, 2.45) is 0 Å². The fourth-order valence-corrected chi connectivity index (χ4v) is 5.11. The van der Waals surface area contributed by atoms with E-state index in [0.717, 1.165) is 22.0 Å². The quantitative estimate of drug-likeness (QED) is 0.372. The van der Waals surface area contributed by atoms with Gasteiger partial charge in [-0.25, -0.2) is 9.78 Å². The smallest absolute Gasteiger partial charge is 0.326 e. The molecular weight excluding hydrogens is 493 g/mol. The van der Waals surface area contributed by atoms with Crippen LogP contribution in [0.3, 0.4) is 0 Å². The van der Waals surface area contributed by atoms with Crippen LogP contribution in [0.5, 0.6) is 0 Å². The van der Waals surface area contributed by atoms with Crippen molar-refractivity contribution >= 4 is 51.5 Å². The van der Waals surface area contributed by atoms with Crippen molar-refractivity contribution in [1.82, 2.24) is 9.88 Å². The van der Waals surface area contributed by atoms with Crippen LogP contribution in [-0.4, -0.2) is 46.0 Å². The number of carboxylic acids is 1. The number of carboxylic acid groups (broad SMARTS) is 1. The third-order valence-electron chi connectivity index (χ3n) is 5.70. The second-order valence-corrected chi connectivity index (χ2v) is 9.66. The van der Waals surface area contributed by atoms with Crippen LogP contribution in [0.1, 0.15) is 28.8 Å². The maximum absolute atomic E-state index is 12.8. The number of thiazole rings is 1. The molecule has 2 heterocycles. The summed E-state index contributed by atoms with van der Waals surface area (Å²) in [6, 6.07) is 12.0.